The van der Waals surface area contributed by atoms with Crippen LogP contribution < -0.4 is 0 Å². The molecule has 3 rings (SSSR count). The lowest BCUT2D eigenvalue weighted by Gasteiger charge is -2.03. The Labute approximate surface area is 105 Å². The third-order valence-corrected chi connectivity index (χ3v) is 3.13. The van der Waals surface area contributed by atoms with Gasteiger partial charge in [0.25, 0.3) is 0 Å². The Balaban J connectivity index is 2.03. The van der Waals surface area contributed by atoms with Crippen LogP contribution in [0.25, 0.3) is 5.52 Å². The number of phenolic OH excluding ortho intramolecular Hbond substituents is 1. The summed E-state index contributed by atoms with van der Waals surface area (Å²) in [5.41, 5.74) is 3.41. The quantitative estimate of drug-likeness (QED) is 0.745. The second-order valence-corrected chi connectivity index (χ2v) is 4.47. The summed E-state index contributed by atoms with van der Waals surface area (Å²) in [6.07, 6.45) is 4.63. The van der Waals surface area contributed by atoms with Crippen molar-refractivity contribution in [1.82, 2.24) is 9.38 Å². The van der Waals surface area contributed by atoms with Crippen molar-refractivity contribution in [1.29, 1.82) is 0 Å². The predicted molar refractivity (Wildman–Crippen MR) is 70.8 cm³/mol. The number of nitrogens with zero attached hydrogens (tertiary/aromatic N) is 2. The first-order valence-electron chi connectivity index (χ1n) is 5.93. The summed E-state index contributed by atoms with van der Waals surface area (Å²) in [6, 6.07) is 11.4. The molecule has 3 aromatic rings. The van der Waals surface area contributed by atoms with Gasteiger partial charge < -0.3 is 9.51 Å². The van der Waals surface area contributed by atoms with E-state index in [4.69, 9.17) is 0 Å². The molecule has 2 aromatic heterocycles. The maximum absolute atomic E-state index is 9.47. The van der Waals surface area contributed by atoms with Gasteiger partial charge in [0.2, 0.25) is 0 Å². The summed E-state index contributed by atoms with van der Waals surface area (Å²) in [4.78, 5) is 4.46. The van der Waals surface area contributed by atoms with Gasteiger partial charge in [-0.1, -0.05) is 18.2 Å². The first-order chi connectivity index (χ1) is 8.74. The first kappa shape index (κ1) is 10.8. The number of aromatic hydroxyl groups is 1. The van der Waals surface area contributed by atoms with Crippen LogP contribution in [0, 0.1) is 6.92 Å². The molecule has 2 heterocycles. The van der Waals surface area contributed by atoms with Crippen LogP contribution in [0.15, 0.2) is 48.8 Å². The molecule has 0 saturated heterocycles. The zero-order chi connectivity index (χ0) is 12.5. The van der Waals surface area contributed by atoms with Crippen LogP contribution in [-0.2, 0) is 6.42 Å². The molecule has 0 radical (unpaired) electrons. The van der Waals surface area contributed by atoms with Gasteiger partial charge in [-0.2, -0.15) is 0 Å². The Hall–Kier alpha value is -2.29. The number of aryl methyl sites for hydroxylation is 1. The summed E-state index contributed by atoms with van der Waals surface area (Å²) in [6.45, 7) is 2.08. The lowest BCUT2D eigenvalue weighted by molar-refractivity contribution is 0.474. The average molecular weight is 238 g/mol. The molecular formula is C15H14N2O. The molecule has 0 aliphatic heterocycles. The molecule has 0 bridgehead atoms. The second-order valence-electron chi connectivity index (χ2n) is 4.47. The van der Waals surface area contributed by atoms with Crippen molar-refractivity contribution in [2.45, 2.75) is 13.3 Å². The Morgan fingerprint density at radius 3 is 2.94 bits per heavy atom. The monoisotopic (exact) mass is 238 g/mol. The molecule has 0 spiro atoms. The van der Waals surface area contributed by atoms with E-state index in [0.29, 0.717) is 12.2 Å². The fraction of sp³-hybridized carbons (Fsp3) is 0.133. The number of imidazole rings is 1. The zero-order valence-electron chi connectivity index (χ0n) is 10.2. The third-order valence-electron chi connectivity index (χ3n) is 3.13. The van der Waals surface area contributed by atoms with Crippen LogP contribution >= 0.6 is 0 Å². The van der Waals surface area contributed by atoms with Gasteiger partial charge >= 0.3 is 0 Å². The van der Waals surface area contributed by atoms with Crippen molar-refractivity contribution >= 4 is 5.52 Å². The minimum Gasteiger partial charge on any atom is -0.508 e. The summed E-state index contributed by atoms with van der Waals surface area (Å²) >= 11 is 0. The number of pyridine rings is 1. The van der Waals surface area contributed by atoms with Gasteiger partial charge in [0.1, 0.15) is 11.6 Å². The topological polar surface area (TPSA) is 37.5 Å². The van der Waals surface area contributed by atoms with E-state index in [1.54, 1.807) is 12.1 Å². The van der Waals surface area contributed by atoms with Gasteiger partial charge in [-0.15, -0.1) is 0 Å². The summed E-state index contributed by atoms with van der Waals surface area (Å²) in [5, 5.41) is 9.47. The van der Waals surface area contributed by atoms with E-state index in [9.17, 15) is 5.11 Å². The molecule has 0 aliphatic rings. The number of aromatic nitrogens is 2. The number of hydrogen-bond donors (Lipinski definition) is 1. The van der Waals surface area contributed by atoms with Crippen molar-refractivity contribution in [2.24, 2.45) is 0 Å². The lowest BCUT2D eigenvalue weighted by Crippen LogP contribution is -1.96. The predicted octanol–water partition coefficient (Wildman–Crippen LogP) is 2.94. The van der Waals surface area contributed by atoms with Crippen molar-refractivity contribution in [2.75, 3.05) is 0 Å². The number of fused-ring (bicyclic) bond motifs is 1. The molecule has 18 heavy (non-hydrogen) atoms. The Morgan fingerprint density at radius 1 is 1.22 bits per heavy atom. The van der Waals surface area contributed by atoms with Gasteiger partial charge in [0, 0.05) is 12.6 Å². The van der Waals surface area contributed by atoms with E-state index in [1.807, 2.05) is 30.6 Å². The molecule has 0 aliphatic carbocycles. The number of benzene rings is 1. The van der Waals surface area contributed by atoms with Crippen LogP contribution in [0.1, 0.15) is 17.0 Å². The van der Waals surface area contributed by atoms with E-state index in [2.05, 4.69) is 22.4 Å². The normalized spacial score (nSPS) is 10.9. The summed E-state index contributed by atoms with van der Waals surface area (Å²) < 4.78 is 2.10. The van der Waals surface area contributed by atoms with E-state index >= 15 is 0 Å². The first-order valence-corrected chi connectivity index (χ1v) is 5.93. The van der Waals surface area contributed by atoms with Crippen LogP contribution in [0.3, 0.4) is 0 Å². The number of phenols is 1. The molecule has 0 unspecified atom stereocenters. The van der Waals surface area contributed by atoms with E-state index in [0.717, 1.165) is 16.9 Å². The Bertz CT molecular complexity index is 701. The zero-order valence-corrected chi connectivity index (χ0v) is 10.2. The molecule has 0 amide bonds. The highest BCUT2D eigenvalue weighted by molar-refractivity contribution is 5.53. The Morgan fingerprint density at radius 2 is 2.11 bits per heavy atom. The standard InChI is InChI=1S/C15H14N2O/c1-11-4-3-7-17-14(11)10-16-15(17)9-12-5-2-6-13(18)8-12/h2-8,10,18H,9H2,1H3. The average Bonchev–Trinajstić information content (AvgIpc) is 2.74. The molecule has 0 saturated carbocycles. The van der Waals surface area contributed by atoms with Crippen molar-refractivity contribution < 1.29 is 5.11 Å². The van der Waals surface area contributed by atoms with E-state index < -0.39 is 0 Å². The van der Waals surface area contributed by atoms with Crippen LogP contribution in [0.2, 0.25) is 0 Å². The smallest absolute Gasteiger partial charge is 0.117 e. The summed E-state index contributed by atoms with van der Waals surface area (Å²) in [7, 11) is 0. The molecular weight excluding hydrogens is 224 g/mol. The van der Waals surface area contributed by atoms with Crippen molar-refractivity contribution in [3.63, 3.8) is 0 Å². The lowest BCUT2D eigenvalue weighted by atomic mass is 10.1. The molecule has 0 fully saturated rings. The molecule has 3 heteroatoms. The van der Waals surface area contributed by atoms with E-state index in [-0.39, 0.29) is 0 Å². The minimum absolute atomic E-state index is 0.296. The highest BCUT2D eigenvalue weighted by Crippen LogP contribution is 2.17. The molecule has 1 aromatic carbocycles. The van der Waals surface area contributed by atoms with Crippen LogP contribution in [0.5, 0.6) is 5.75 Å². The highest BCUT2D eigenvalue weighted by Gasteiger charge is 2.06. The van der Waals surface area contributed by atoms with Gasteiger partial charge in [-0.05, 0) is 36.2 Å². The van der Waals surface area contributed by atoms with Crippen LogP contribution in [0.4, 0.5) is 0 Å². The molecule has 90 valence electrons. The summed E-state index contributed by atoms with van der Waals surface area (Å²) in [5.74, 6) is 1.28. The van der Waals surface area contributed by atoms with Gasteiger partial charge in [0.05, 0.1) is 11.7 Å². The Kier molecular flexibility index (Phi) is 2.52. The molecule has 3 nitrogen and oxygen atoms in total. The SMILES string of the molecule is Cc1cccn2c(Cc3cccc(O)c3)ncc12. The fourth-order valence-electron chi connectivity index (χ4n) is 2.20. The fourth-order valence-corrected chi connectivity index (χ4v) is 2.20. The molecule has 1 N–H and O–H groups in total. The van der Waals surface area contributed by atoms with Gasteiger partial charge in [-0.25, -0.2) is 4.98 Å². The van der Waals surface area contributed by atoms with Crippen LogP contribution in [-0.4, -0.2) is 14.5 Å². The minimum atomic E-state index is 0.296. The van der Waals surface area contributed by atoms with E-state index in [1.165, 1.54) is 5.56 Å². The second kappa shape index (κ2) is 4.18. The van der Waals surface area contributed by atoms with Crippen molar-refractivity contribution in [3.8, 4) is 5.75 Å². The van der Waals surface area contributed by atoms with Gasteiger partial charge in [-0.3, -0.25) is 0 Å². The third kappa shape index (κ3) is 1.84. The van der Waals surface area contributed by atoms with Gasteiger partial charge in [0.15, 0.2) is 0 Å². The highest BCUT2D eigenvalue weighted by atomic mass is 16.3. The van der Waals surface area contributed by atoms with Crippen molar-refractivity contribution in [3.05, 3.63) is 65.7 Å². The maximum atomic E-state index is 9.47. The number of rotatable bonds is 2. The number of hydrogen-bond acceptors (Lipinski definition) is 2. The largest absolute Gasteiger partial charge is 0.508 e. The maximum Gasteiger partial charge on any atom is 0.117 e. The molecule has 0 atom stereocenters.